The van der Waals surface area contributed by atoms with Crippen molar-refractivity contribution < 1.29 is 14.6 Å². The van der Waals surface area contributed by atoms with Crippen molar-refractivity contribution in [2.24, 2.45) is 0 Å². The molecule has 0 saturated heterocycles. The van der Waals surface area contributed by atoms with E-state index in [4.69, 9.17) is 9.47 Å². The summed E-state index contributed by atoms with van der Waals surface area (Å²) < 4.78 is 12.7. The standard InChI is InChI=1S/C22H27N3O4S2/c1-6-15-19(26)24-21(25(20(15)27)16-9-7-8-10-17(16)28-5)31-13-14-12-30-18(23-14)11-29-22(2,3)4/h7-10,12,26H,6,11,13H2,1-5H3. The number of hydrogen-bond donors (Lipinski definition) is 1. The predicted molar refractivity (Wildman–Crippen MR) is 124 cm³/mol. The quantitative estimate of drug-likeness (QED) is 0.388. The normalized spacial score (nSPS) is 11.6. The van der Waals surface area contributed by atoms with Crippen LogP contribution in [-0.2, 0) is 23.5 Å². The number of hydrogen-bond acceptors (Lipinski definition) is 8. The largest absolute Gasteiger partial charge is 0.495 e. The lowest BCUT2D eigenvalue weighted by molar-refractivity contribution is -0.0150. The van der Waals surface area contributed by atoms with Gasteiger partial charge in [-0.25, -0.2) is 4.98 Å². The Hall–Kier alpha value is -2.36. The second kappa shape index (κ2) is 9.84. The summed E-state index contributed by atoms with van der Waals surface area (Å²) in [6, 6.07) is 7.26. The molecule has 1 N–H and O–H groups in total. The van der Waals surface area contributed by atoms with Crippen LogP contribution in [0.5, 0.6) is 11.6 Å². The first-order chi connectivity index (χ1) is 14.7. The molecule has 7 nitrogen and oxygen atoms in total. The van der Waals surface area contributed by atoms with Gasteiger partial charge in [0.25, 0.3) is 5.56 Å². The first kappa shape index (κ1) is 23.3. The lowest BCUT2D eigenvalue weighted by Gasteiger charge is -2.18. The third-order valence-corrected chi connectivity index (χ3v) is 6.22. The van der Waals surface area contributed by atoms with Gasteiger partial charge in [0, 0.05) is 11.1 Å². The Morgan fingerprint density at radius 3 is 2.65 bits per heavy atom. The Morgan fingerprint density at radius 2 is 1.97 bits per heavy atom. The molecule has 0 aliphatic carbocycles. The highest BCUT2D eigenvalue weighted by molar-refractivity contribution is 7.98. The van der Waals surface area contributed by atoms with Gasteiger partial charge < -0.3 is 14.6 Å². The molecule has 0 atom stereocenters. The van der Waals surface area contributed by atoms with Crippen molar-refractivity contribution in [2.45, 2.75) is 57.2 Å². The smallest absolute Gasteiger partial charge is 0.265 e. The molecule has 3 rings (SSSR count). The van der Waals surface area contributed by atoms with Crippen molar-refractivity contribution in [3.63, 3.8) is 0 Å². The zero-order chi connectivity index (χ0) is 22.6. The summed E-state index contributed by atoms with van der Waals surface area (Å²) >= 11 is 2.87. The van der Waals surface area contributed by atoms with Gasteiger partial charge in [-0.1, -0.05) is 30.8 Å². The number of benzene rings is 1. The lowest BCUT2D eigenvalue weighted by atomic mass is 10.2. The van der Waals surface area contributed by atoms with Crippen molar-refractivity contribution in [3.8, 4) is 17.3 Å². The first-order valence-corrected chi connectivity index (χ1v) is 11.8. The number of ether oxygens (including phenoxy) is 2. The summed E-state index contributed by atoms with van der Waals surface area (Å²) in [6.45, 7) is 8.29. The summed E-state index contributed by atoms with van der Waals surface area (Å²) in [5.41, 5.74) is 1.18. The lowest BCUT2D eigenvalue weighted by Crippen LogP contribution is -2.25. The molecule has 166 valence electrons. The van der Waals surface area contributed by atoms with E-state index >= 15 is 0 Å². The van der Waals surface area contributed by atoms with Crippen LogP contribution in [0.15, 0.2) is 39.6 Å². The fraction of sp³-hybridized carbons (Fsp3) is 0.409. The van der Waals surface area contributed by atoms with Gasteiger partial charge in [0.2, 0.25) is 5.88 Å². The molecule has 3 aromatic rings. The molecule has 9 heteroatoms. The number of aromatic nitrogens is 3. The maximum absolute atomic E-state index is 13.2. The molecule has 2 aromatic heterocycles. The van der Waals surface area contributed by atoms with Crippen molar-refractivity contribution in [1.82, 2.24) is 14.5 Å². The summed E-state index contributed by atoms with van der Waals surface area (Å²) in [6.07, 6.45) is 0.376. The van der Waals surface area contributed by atoms with E-state index in [0.29, 0.717) is 35.4 Å². The van der Waals surface area contributed by atoms with E-state index < -0.39 is 0 Å². The molecule has 0 fully saturated rings. The predicted octanol–water partition coefficient (Wildman–Crippen LogP) is 4.57. The van der Waals surface area contributed by atoms with Crippen LogP contribution in [0.1, 0.15) is 44.0 Å². The van der Waals surface area contributed by atoms with E-state index in [9.17, 15) is 9.90 Å². The number of aromatic hydroxyl groups is 1. The monoisotopic (exact) mass is 461 g/mol. The summed E-state index contributed by atoms with van der Waals surface area (Å²) in [5.74, 6) is 0.813. The van der Waals surface area contributed by atoms with Crippen LogP contribution >= 0.6 is 23.1 Å². The SMILES string of the molecule is CCc1c(O)nc(SCc2csc(COC(C)(C)C)n2)n(-c2ccccc2OC)c1=O. The summed E-state index contributed by atoms with van der Waals surface area (Å²) in [7, 11) is 1.56. The minimum Gasteiger partial charge on any atom is -0.495 e. The topological polar surface area (TPSA) is 86.5 Å². The van der Waals surface area contributed by atoms with Crippen molar-refractivity contribution >= 4 is 23.1 Å². The van der Waals surface area contributed by atoms with E-state index in [1.54, 1.807) is 19.2 Å². The van der Waals surface area contributed by atoms with Crippen molar-refractivity contribution in [2.75, 3.05) is 7.11 Å². The number of nitrogens with zero attached hydrogens (tertiary/aromatic N) is 3. The number of rotatable bonds is 8. The van der Waals surface area contributed by atoms with Crippen LogP contribution in [0.2, 0.25) is 0 Å². The zero-order valence-electron chi connectivity index (χ0n) is 18.3. The van der Waals surface area contributed by atoms with Gasteiger partial charge in [-0.15, -0.1) is 11.3 Å². The van der Waals surface area contributed by atoms with Gasteiger partial charge in [-0.05, 0) is 39.3 Å². The average Bonchev–Trinajstić information content (AvgIpc) is 3.18. The van der Waals surface area contributed by atoms with Crippen LogP contribution in [-0.4, -0.2) is 32.4 Å². The highest BCUT2D eigenvalue weighted by Gasteiger charge is 2.20. The van der Waals surface area contributed by atoms with Crippen LogP contribution in [0.25, 0.3) is 5.69 Å². The highest BCUT2D eigenvalue weighted by Crippen LogP contribution is 2.30. The molecule has 0 aliphatic rings. The molecule has 0 radical (unpaired) electrons. The molecule has 0 bridgehead atoms. The van der Waals surface area contributed by atoms with Gasteiger partial charge >= 0.3 is 0 Å². The van der Waals surface area contributed by atoms with Gasteiger partial charge in [0.15, 0.2) is 5.16 Å². The third-order valence-electron chi connectivity index (χ3n) is 4.38. The molecular formula is C22H27N3O4S2. The number of thioether (sulfide) groups is 1. The molecule has 0 aliphatic heterocycles. The van der Waals surface area contributed by atoms with E-state index in [1.165, 1.54) is 27.7 Å². The Morgan fingerprint density at radius 1 is 1.23 bits per heavy atom. The zero-order valence-corrected chi connectivity index (χ0v) is 20.0. The van der Waals surface area contributed by atoms with Gasteiger partial charge in [-0.3, -0.25) is 9.36 Å². The average molecular weight is 462 g/mol. The van der Waals surface area contributed by atoms with Crippen molar-refractivity contribution in [3.05, 3.63) is 56.3 Å². The first-order valence-electron chi connectivity index (χ1n) is 9.91. The van der Waals surface area contributed by atoms with E-state index in [1.807, 2.05) is 45.2 Å². The molecule has 0 amide bonds. The van der Waals surface area contributed by atoms with Crippen LogP contribution in [0, 0.1) is 0 Å². The van der Waals surface area contributed by atoms with Crippen LogP contribution in [0.3, 0.4) is 0 Å². The van der Waals surface area contributed by atoms with Gasteiger partial charge in [-0.2, -0.15) is 4.98 Å². The molecular weight excluding hydrogens is 434 g/mol. The van der Waals surface area contributed by atoms with E-state index in [2.05, 4.69) is 9.97 Å². The summed E-state index contributed by atoms with van der Waals surface area (Å²) in [4.78, 5) is 22.1. The fourth-order valence-electron chi connectivity index (χ4n) is 2.86. The maximum atomic E-state index is 13.2. The summed E-state index contributed by atoms with van der Waals surface area (Å²) in [5, 5.41) is 13.6. The third kappa shape index (κ3) is 5.66. The maximum Gasteiger partial charge on any atom is 0.265 e. The van der Waals surface area contributed by atoms with Gasteiger partial charge in [0.05, 0.1) is 36.3 Å². The minimum absolute atomic E-state index is 0.228. The Labute approximate surface area is 190 Å². The number of thiazole rings is 1. The van der Waals surface area contributed by atoms with E-state index in [-0.39, 0.29) is 22.6 Å². The Bertz CT molecular complexity index is 1100. The Balaban J connectivity index is 1.91. The molecule has 0 saturated carbocycles. The minimum atomic E-state index is -0.306. The molecule has 0 unspecified atom stereocenters. The molecule has 31 heavy (non-hydrogen) atoms. The highest BCUT2D eigenvalue weighted by atomic mass is 32.2. The van der Waals surface area contributed by atoms with E-state index in [0.717, 1.165) is 10.7 Å². The molecule has 2 heterocycles. The number of methoxy groups -OCH3 is 1. The second-order valence-corrected chi connectivity index (χ2v) is 9.67. The molecule has 1 aromatic carbocycles. The molecule has 0 spiro atoms. The van der Waals surface area contributed by atoms with Crippen LogP contribution < -0.4 is 10.3 Å². The Kier molecular flexibility index (Phi) is 7.40. The number of para-hydroxylation sites is 2. The second-order valence-electron chi connectivity index (χ2n) is 7.78. The van der Waals surface area contributed by atoms with Crippen molar-refractivity contribution in [1.29, 1.82) is 0 Å². The van der Waals surface area contributed by atoms with Gasteiger partial charge in [0.1, 0.15) is 10.8 Å². The van der Waals surface area contributed by atoms with Crippen LogP contribution in [0.4, 0.5) is 0 Å². The fourth-order valence-corrected chi connectivity index (χ4v) is 4.55.